The summed E-state index contributed by atoms with van der Waals surface area (Å²) in [6.07, 6.45) is 0.597. The number of anilines is 1. The molecule has 3 aromatic carbocycles. The highest BCUT2D eigenvalue weighted by Crippen LogP contribution is 2.28. The number of rotatable bonds is 10. The highest BCUT2D eigenvalue weighted by molar-refractivity contribution is 7.92. The van der Waals surface area contributed by atoms with Gasteiger partial charge < -0.3 is 19.1 Å². The second kappa shape index (κ2) is 10.9. The van der Waals surface area contributed by atoms with Gasteiger partial charge in [0.15, 0.2) is 11.5 Å². The Labute approximate surface area is 200 Å². The molecule has 0 saturated carbocycles. The van der Waals surface area contributed by atoms with Gasteiger partial charge in [-0.3, -0.25) is 9.52 Å². The van der Waals surface area contributed by atoms with Crippen LogP contribution in [0.3, 0.4) is 0 Å². The summed E-state index contributed by atoms with van der Waals surface area (Å²) in [5.74, 6) is 1.60. The van der Waals surface area contributed by atoms with Crippen molar-refractivity contribution in [3.63, 3.8) is 0 Å². The lowest BCUT2D eigenvalue weighted by Crippen LogP contribution is -2.29. The van der Waals surface area contributed by atoms with Crippen LogP contribution >= 0.6 is 0 Å². The molecule has 3 rings (SSSR count). The molecule has 0 saturated heterocycles. The maximum absolute atomic E-state index is 12.9. The second-order valence-electron chi connectivity index (χ2n) is 7.53. The number of carbonyl (C=O) groups is 1. The molecule has 0 heterocycles. The molecule has 9 heteroatoms. The van der Waals surface area contributed by atoms with Crippen molar-refractivity contribution in [2.75, 3.05) is 39.6 Å². The molecule has 0 aromatic heterocycles. The Morgan fingerprint density at radius 2 is 1.59 bits per heavy atom. The fourth-order valence-electron chi connectivity index (χ4n) is 3.32. The van der Waals surface area contributed by atoms with Crippen molar-refractivity contribution in [1.82, 2.24) is 4.90 Å². The third-order valence-corrected chi connectivity index (χ3v) is 6.64. The van der Waals surface area contributed by atoms with Gasteiger partial charge in [-0.05, 0) is 66.6 Å². The van der Waals surface area contributed by atoms with Gasteiger partial charge in [0.05, 0.1) is 26.2 Å². The first-order valence-corrected chi connectivity index (χ1v) is 12.0. The van der Waals surface area contributed by atoms with Crippen LogP contribution in [0.4, 0.5) is 5.69 Å². The van der Waals surface area contributed by atoms with Crippen LogP contribution in [0.15, 0.2) is 71.6 Å². The number of methoxy groups -OCH3 is 3. The van der Waals surface area contributed by atoms with E-state index in [0.717, 1.165) is 5.56 Å². The van der Waals surface area contributed by atoms with Crippen LogP contribution in [0.25, 0.3) is 0 Å². The maximum Gasteiger partial charge on any atom is 0.261 e. The van der Waals surface area contributed by atoms with Gasteiger partial charge in [0, 0.05) is 24.8 Å². The van der Waals surface area contributed by atoms with E-state index in [2.05, 4.69) is 4.72 Å². The van der Waals surface area contributed by atoms with E-state index in [1.807, 2.05) is 18.2 Å². The highest BCUT2D eigenvalue weighted by atomic mass is 32.2. The summed E-state index contributed by atoms with van der Waals surface area (Å²) < 4.78 is 43.8. The minimum Gasteiger partial charge on any atom is -0.497 e. The fourth-order valence-corrected chi connectivity index (χ4v) is 4.43. The summed E-state index contributed by atoms with van der Waals surface area (Å²) in [7, 11) is 2.49. The third-order valence-electron chi connectivity index (χ3n) is 5.26. The lowest BCUT2D eigenvalue weighted by atomic mass is 10.1. The first-order valence-electron chi connectivity index (χ1n) is 10.5. The molecule has 1 amide bonds. The van der Waals surface area contributed by atoms with E-state index in [1.54, 1.807) is 62.6 Å². The Hall–Kier alpha value is -3.72. The molecule has 0 radical (unpaired) electrons. The van der Waals surface area contributed by atoms with Crippen molar-refractivity contribution >= 4 is 21.6 Å². The SMILES string of the molecule is COc1ccc(NS(=O)(=O)c2cccc(C(=O)N(C)CCc3ccc(OC)c(OC)c3)c2)cc1. The number of hydrogen-bond donors (Lipinski definition) is 1. The van der Waals surface area contributed by atoms with Crippen LogP contribution in [0, 0.1) is 0 Å². The van der Waals surface area contributed by atoms with Crippen molar-refractivity contribution in [1.29, 1.82) is 0 Å². The molecule has 0 aliphatic rings. The van der Waals surface area contributed by atoms with E-state index in [9.17, 15) is 13.2 Å². The normalized spacial score (nSPS) is 10.9. The Kier molecular flexibility index (Phi) is 8.01. The van der Waals surface area contributed by atoms with Crippen molar-refractivity contribution in [2.45, 2.75) is 11.3 Å². The summed E-state index contributed by atoms with van der Waals surface area (Å²) in [6.45, 7) is 0.440. The molecule has 3 aromatic rings. The number of nitrogens with one attached hydrogen (secondary N) is 1. The lowest BCUT2D eigenvalue weighted by Gasteiger charge is -2.18. The quantitative estimate of drug-likeness (QED) is 0.470. The molecular weight excluding hydrogens is 456 g/mol. The number of amides is 1. The van der Waals surface area contributed by atoms with Gasteiger partial charge in [-0.25, -0.2) is 8.42 Å². The summed E-state index contributed by atoms with van der Waals surface area (Å²) in [5, 5.41) is 0. The van der Waals surface area contributed by atoms with Crippen molar-refractivity contribution < 1.29 is 27.4 Å². The maximum atomic E-state index is 12.9. The predicted molar refractivity (Wildman–Crippen MR) is 130 cm³/mol. The zero-order chi connectivity index (χ0) is 24.7. The Balaban J connectivity index is 1.69. The first-order chi connectivity index (χ1) is 16.3. The molecule has 180 valence electrons. The van der Waals surface area contributed by atoms with Crippen LogP contribution in [0.1, 0.15) is 15.9 Å². The monoisotopic (exact) mass is 484 g/mol. The third kappa shape index (κ3) is 5.99. The van der Waals surface area contributed by atoms with E-state index in [1.165, 1.54) is 19.2 Å². The van der Waals surface area contributed by atoms with Gasteiger partial charge >= 0.3 is 0 Å². The summed E-state index contributed by atoms with van der Waals surface area (Å²) in [4.78, 5) is 14.5. The number of hydrogen-bond acceptors (Lipinski definition) is 6. The largest absolute Gasteiger partial charge is 0.497 e. The average molecular weight is 485 g/mol. The van der Waals surface area contributed by atoms with Crippen LogP contribution in [0.5, 0.6) is 17.2 Å². The van der Waals surface area contributed by atoms with Gasteiger partial charge in [-0.1, -0.05) is 12.1 Å². The summed E-state index contributed by atoms with van der Waals surface area (Å²) in [6, 6.07) is 18.1. The molecule has 0 atom stereocenters. The zero-order valence-corrected chi connectivity index (χ0v) is 20.4. The molecule has 1 N–H and O–H groups in total. The molecule has 0 bridgehead atoms. The minimum atomic E-state index is -3.87. The van der Waals surface area contributed by atoms with Crippen molar-refractivity contribution in [3.8, 4) is 17.2 Å². The Morgan fingerprint density at radius 1 is 0.882 bits per heavy atom. The number of benzene rings is 3. The van der Waals surface area contributed by atoms with Gasteiger partial charge in [-0.15, -0.1) is 0 Å². The van der Waals surface area contributed by atoms with Gasteiger partial charge in [0.25, 0.3) is 15.9 Å². The number of carbonyl (C=O) groups excluding carboxylic acids is 1. The molecule has 0 aliphatic heterocycles. The number of sulfonamides is 1. The molecular formula is C25H28N2O6S. The second-order valence-corrected chi connectivity index (χ2v) is 9.21. The van der Waals surface area contributed by atoms with Crippen molar-refractivity contribution in [2.24, 2.45) is 0 Å². The van der Waals surface area contributed by atoms with Gasteiger partial charge in [0.2, 0.25) is 0 Å². The number of ether oxygens (including phenoxy) is 3. The highest BCUT2D eigenvalue weighted by Gasteiger charge is 2.18. The topological polar surface area (TPSA) is 94.2 Å². The van der Waals surface area contributed by atoms with E-state index in [4.69, 9.17) is 14.2 Å². The van der Waals surface area contributed by atoms with E-state index in [0.29, 0.717) is 35.9 Å². The minimum absolute atomic E-state index is 0.00228. The Bertz CT molecular complexity index is 1240. The van der Waals surface area contributed by atoms with Crippen LogP contribution in [-0.2, 0) is 16.4 Å². The summed E-state index contributed by atoms with van der Waals surface area (Å²) in [5.41, 5.74) is 1.66. The standard InChI is InChI=1S/C25H28N2O6S/c1-27(15-14-18-8-13-23(32-3)24(16-18)33-4)25(28)19-6-5-7-22(17-19)34(29,30)26-20-9-11-21(31-2)12-10-20/h5-13,16-17,26H,14-15H2,1-4H3. The lowest BCUT2D eigenvalue weighted by molar-refractivity contribution is 0.0796. The smallest absolute Gasteiger partial charge is 0.261 e. The predicted octanol–water partition coefficient (Wildman–Crippen LogP) is 3.83. The Morgan fingerprint density at radius 3 is 2.24 bits per heavy atom. The molecule has 0 fully saturated rings. The molecule has 34 heavy (non-hydrogen) atoms. The molecule has 8 nitrogen and oxygen atoms in total. The molecule has 0 spiro atoms. The zero-order valence-electron chi connectivity index (χ0n) is 19.6. The van der Waals surface area contributed by atoms with Crippen LogP contribution in [0.2, 0.25) is 0 Å². The van der Waals surface area contributed by atoms with E-state index < -0.39 is 10.0 Å². The number of likely N-dealkylation sites (N-methyl/N-ethyl adjacent to an activating group) is 1. The van der Waals surface area contributed by atoms with Crippen molar-refractivity contribution in [3.05, 3.63) is 77.9 Å². The summed E-state index contributed by atoms with van der Waals surface area (Å²) >= 11 is 0. The van der Waals surface area contributed by atoms with Gasteiger partial charge in [-0.2, -0.15) is 0 Å². The first kappa shape index (κ1) is 24.9. The fraction of sp³-hybridized carbons (Fsp3) is 0.240. The van der Waals surface area contributed by atoms with E-state index in [-0.39, 0.29) is 16.4 Å². The van der Waals surface area contributed by atoms with Crippen LogP contribution in [-0.4, -0.2) is 54.1 Å². The molecule has 0 aliphatic carbocycles. The van der Waals surface area contributed by atoms with Gasteiger partial charge in [0.1, 0.15) is 5.75 Å². The van der Waals surface area contributed by atoms with Crippen LogP contribution < -0.4 is 18.9 Å². The number of nitrogens with zero attached hydrogens (tertiary/aromatic N) is 1. The molecule has 0 unspecified atom stereocenters. The average Bonchev–Trinajstić information content (AvgIpc) is 2.86. The van der Waals surface area contributed by atoms with E-state index >= 15 is 0 Å².